The number of carbonyl (C=O) groups is 2. The summed E-state index contributed by atoms with van der Waals surface area (Å²) in [5.74, 6) is 0.434. The number of nitrogens with two attached hydrogens (primary N) is 1. The number of urea groups is 1. The highest BCUT2D eigenvalue weighted by molar-refractivity contribution is 7.13. The molecule has 1 saturated heterocycles. The zero-order valence-electron chi connectivity index (χ0n) is 13.2. The lowest BCUT2D eigenvalue weighted by Gasteiger charge is -2.31. The van der Waals surface area contributed by atoms with Crippen LogP contribution in [0.25, 0.3) is 0 Å². The number of carboxylic acid groups (broad SMARTS) is 1. The molecule has 1 aliphatic rings. The van der Waals surface area contributed by atoms with Gasteiger partial charge in [-0.1, -0.05) is 0 Å². The molecule has 1 unspecified atom stereocenters. The normalized spacial score (nSPS) is 15.6. The van der Waals surface area contributed by atoms with Gasteiger partial charge in [-0.05, 0) is 12.1 Å². The molecule has 135 valence electrons. The van der Waals surface area contributed by atoms with Gasteiger partial charge in [0.25, 0.3) is 0 Å². The van der Waals surface area contributed by atoms with Gasteiger partial charge in [0.1, 0.15) is 5.76 Å². The zero-order chi connectivity index (χ0) is 18.7. The molecule has 3 N–H and O–H groups in total. The van der Waals surface area contributed by atoms with Gasteiger partial charge in [0.15, 0.2) is 11.2 Å². The largest absolute Gasteiger partial charge is 0.464 e. The fourth-order valence-electron chi connectivity index (χ4n) is 2.33. The van der Waals surface area contributed by atoms with Crippen LogP contribution in [0.3, 0.4) is 0 Å². The lowest BCUT2D eigenvalue weighted by molar-refractivity contribution is 0.0177. The first-order valence-corrected chi connectivity index (χ1v) is 8.16. The number of hydrogen-bond donors (Lipinski definition) is 2. The van der Waals surface area contributed by atoms with E-state index in [1.165, 1.54) is 17.9 Å². The van der Waals surface area contributed by atoms with E-state index in [4.69, 9.17) is 10.2 Å². The Balaban J connectivity index is 1.81. The predicted octanol–water partition coefficient (Wildman–Crippen LogP) is 1.14. The van der Waals surface area contributed by atoms with E-state index in [-0.39, 0.29) is 23.9 Å². The molecule has 0 aromatic carbocycles. The molecular weight excluding hydrogens is 364 g/mol. The third kappa shape index (κ3) is 3.35. The molecule has 0 spiro atoms. The molecule has 2 aromatic heterocycles. The van der Waals surface area contributed by atoms with Crippen LogP contribution in [0.15, 0.2) is 33.3 Å². The van der Waals surface area contributed by atoms with Crippen LogP contribution in [0, 0.1) is 0 Å². The standard InChI is InChI=1S/C14H13N6O5S/c15-12-17-10(8-26-12)11(7-21)20(14(23)24)19-4-3-18(13(19)22)16-6-9-2-1-5-25-9/h1-2,5-6,8,11H,3-4H2,(H2,15,17)(H,23,24)/b16-6+. The molecule has 11 nitrogen and oxygen atoms in total. The fourth-order valence-corrected chi connectivity index (χ4v) is 2.91. The average Bonchev–Trinajstić information content (AvgIpc) is 3.33. The first kappa shape index (κ1) is 17.4. The summed E-state index contributed by atoms with van der Waals surface area (Å²) in [6.07, 6.45) is 2.88. The fraction of sp³-hybridized carbons (Fsp3) is 0.214. The number of nitrogen functional groups attached to an aromatic ring is 1. The highest BCUT2D eigenvalue weighted by atomic mass is 32.1. The number of amides is 3. The van der Waals surface area contributed by atoms with Crippen molar-refractivity contribution in [3.8, 4) is 0 Å². The summed E-state index contributed by atoms with van der Waals surface area (Å²) in [6.45, 7) is 0.142. The highest BCUT2D eigenvalue weighted by Gasteiger charge is 2.40. The van der Waals surface area contributed by atoms with Crippen molar-refractivity contribution in [2.45, 2.75) is 6.04 Å². The Morgan fingerprint density at radius 2 is 2.38 bits per heavy atom. The van der Waals surface area contributed by atoms with Crippen LogP contribution in [0.1, 0.15) is 17.5 Å². The Bertz CT molecular complexity index is 835. The number of nitrogens with zero attached hydrogens (tertiary/aromatic N) is 5. The molecule has 1 fully saturated rings. The van der Waals surface area contributed by atoms with Gasteiger partial charge in [-0.25, -0.2) is 24.6 Å². The maximum atomic E-state index is 12.5. The van der Waals surface area contributed by atoms with Crippen LogP contribution in [0.4, 0.5) is 14.7 Å². The van der Waals surface area contributed by atoms with E-state index < -0.39 is 18.2 Å². The van der Waals surface area contributed by atoms with Crippen LogP contribution in [-0.2, 0) is 4.79 Å². The van der Waals surface area contributed by atoms with Gasteiger partial charge in [-0.3, -0.25) is 4.79 Å². The second kappa shape index (κ2) is 7.23. The van der Waals surface area contributed by atoms with Crippen LogP contribution < -0.4 is 5.73 Å². The molecule has 3 rings (SSSR count). The van der Waals surface area contributed by atoms with Gasteiger partial charge < -0.3 is 15.3 Å². The van der Waals surface area contributed by atoms with Gasteiger partial charge >= 0.3 is 12.1 Å². The maximum absolute atomic E-state index is 12.5. The van der Waals surface area contributed by atoms with E-state index in [1.807, 2.05) is 0 Å². The summed E-state index contributed by atoms with van der Waals surface area (Å²) in [5, 5.41) is 17.6. The van der Waals surface area contributed by atoms with E-state index in [1.54, 1.807) is 18.4 Å². The van der Waals surface area contributed by atoms with Gasteiger partial charge in [0.05, 0.1) is 31.3 Å². The Labute approximate surface area is 150 Å². The summed E-state index contributed by atoms with van der Waals surface area (Å²) < 4.78 is 5.08. The molecule has 3 heterocycles. The molecule has 2 aromatic rings. The number of rotatable bonds is 6. The minimum atomic E-state index is -1.50. The van der Waals surface area contributed by atoms with Crippen molar-refractivity contribution >= 4 is 41.1 Å². The number of hydrazine groups is 1. The Kier molecular flexibility index (Phi) is 4.84. The predicted molar refractivity (Wildman–Crippen MR) is 89.9 cm³/mol. The van der Waals surface area contributed by atoms with Crippen molar-refractivity contribution in [3.05, 3.63) is 35.2 Å². The topological polar surface area (TPSA) is 146 Å². The first-order chi connectivity index (χ1) is 12.5. The number of carbonyl (C=O) groups excluding carboxylic acids is 2. The third-order valence-electron chi connectivity index (χ3n) is 3.46. The minimum Gasteiger partial charge on any atom is -0.464 e. The molecule has 3 amide bonds. The lowest BCUT2D eigenvalue weighted by Crippen LogP contribution is -2.50. The van der Waals surface area contributed by atoms with E-state index in [2.05, 4.69) is 10.1 Å². The summed E-state index contributed by atoms with van der Waals surface area (Å²) in [6, 6.07) is 1.18. The third-order valence-corrected chi connectivity index (χ3v) is 4.16. The molecule has 0 saturated carbocycles. The number of thiazole rings is 1. The van der Waals surface area contributed by atoms with Gasteiger partial charge in [0, 0.05) is 5.38 Å². The molecule has 0 bridgehead atoms. The number of hydrazone groups is 1. The van der Waals surface area contributed by atoms with Crippen LogP contribution >= 0.6 is 11.3 Å². The number of aromatic nitrogens is 1. The number of hydrogen-bond acceptors (Lipinski definition) is 8. The van der Waals surface area contributed by atoms with Gasteiger partial charge in [-0.2, -0.15) is 10.1 Å². The summed E-state index contributed by atoms with van der Waals surface area (Å²) in [7, 11) is 0. The van der Waals surface area contributed by atoms with Crippen LogP contribution in [0.5, 0.6) is 0 Å². The van der Waals surface area contributed by atoms with E-state index >= 15 is 0 Å². The van der Waals surface area contributed by atoms with Crippen molar-refractivity contribution in [2.24, 2.45) is 5.10 Å². The smallest absolute Gasteiger partial charge is 0.427 e. The second-order valence-corrected chi connectivity index (χ2v) is 5.94. The molecule has 26 heavy (non-hydrogen) atoms. The molecule has 12 heteroatoms. The molecular formula is C14H13N6O5S. The number of anilines is 1. The van der Waals surface area contributed by atoms with Crippen molar-refractivity contribution in [2.75, 3.05) is 18.8 Å². The van der Waals surface area contributed by atoms with E-state index in [9.17, 15) is 19.5 Å². The quantitative estimate of drug-likeness (QED) is 0.718. The Morgan fingerprint density at radius 3 is 2.96 bits per heavy atom. The minimum absolute atomic E-state index is 0.0123. The van der Waals surface area contributed by atoms with Crippen molar-refractivity contribution in [3.63, 3.8) is 0 Å². The summed E-state index contributed by atoms with van der Waals surface area (Å²) >= 11 is 1.05. The van der Waals surface area contributed by atoms with Crippen molar-refractivity contribution < 1.29 is 23.9 Å². The summed E-state index contributed by atoms with van der Waals surface area (Å²) in [5.41, 5.74) is 5.62. The van der Waals surface area contributed by atoms with Gasteiger partial charge in [0.2, 0.25) is 6.29 Å². The SMILES string of the molecule is Nc1nc(C([C]=O)N(C(=O)O)N2CCN(/N=C/c3ccco3)C2=O)cs1. The lowest BCUT2D eigenvalue weighted by atomic mass is 10.2. The zero-order valence-corrected chi connectivity index (χ0v) is 14.0. The molecule has 1 atom stereocenters. The molecule has 1 aliphatic heterocycles. The Morgan fingerprint density at radius 1 is 1.58 bits per heavy atom. The Hall–Kier alpha value is -3.41. The van der Waals surface area contributed by atoms with Crippen LogP contribution in [-0.4, -0.2) is 62.8 Å². The summed E-state index contributed by atoms with van der Waals surface area (Å²) in [4.78, 5) is 39.5. The van der Waals surface area contributed by atoms with Crippen molar-refractivity contribution in [1.82, 2.24) is 20.0 Å². The van der Waals surface area contributed by atoms with E-state index in [0.717, 1.165) is 21.4 Å². The van der Waals surface area contributed by atoms with Gasteiger partial charge in [-0.15, -0.1) is 11.3 Å². The molecule has 1 radical (unpaired) electrons. The maximum Gasteiger partial charge on any atom is 0.427 e. The average molecular weight is 377 g/mol. The first-order valence-electron chi connectivity index (χ1n) is 7.28. The number of furan rings is 1. The second-order valence-electron chi connectivity index (χ2n) is 5.05. The molecule has 0 aliphatic carbocycles. The van der Waals surface area contributed by atoms with Crippen LogP contribution in [0.2, 0.25) is 0 Å². The van der Waals surface area contributed by atoms with E-state index in [0.29, 0.717) is 10.8 Å². The highest BCUT2D eigenvalue weighted by Crippen LogP contribution is 2.26. The monoisotopic (exact) mass is 377 g/mol. The van der Waals surface area contributed by atoms with Crippen molar-refractivity contribution in [1.29, 1.82) is 0 Å².